The molecule has 1 heterocycles. The van der Waals surface area contributed by atoms with Crippen molar-refractivity contribution in [2.45, 2.75) is 37.9 Å². The summed E-state index contributed by atoms with van der Waals surface area (Å²) in [5.74, 6) is 4.55. The van der Waals surface area contributed by atoms with Crippen LogP contribution in [0.4, 0.5) is 0 Å². The quantitative estimate of drug-likeness (QED) is 0.861. The van der Waals surface area contributed by atoms with Gasteiger partial charge in [-0.25, -0.2) is 4.98 Å². The third-order valence-corrected chi connectivity index (χ3v) is 5.76. The second-order valence-electron chi connectivity index (χ2n) is 6.26. The third kappa shape index (κ3) is 3.86. The summed E-state index contributed by atoms with van der Waals surface area (Å²) in [6.45, 7) is 0. The molecule has 0 aliphatic heterocycles. The van der Waals surface area contributed by atoms with E-state index in [9.17, 15) is 4.79 Å². The first-order valence-corrected chi connectivity index (χ1v) is 9.59. The van der Waals surface area contributed by atoms with Crippen molar-refractivity contribution in [2.75, 3.05) is 20.0 Å². The van der Waals surface area contributed by atoms with Crippen molar-refractivity contribution < 1.29 is 9.47 Å². The van der Waals surface area contributed by atoms with Crippen molar-refractivity contribution in [3.63, 3.8) is 0 Å². The highest BCUT2D eigenvalue weighted by atomic mass is 32.2. The lowest BCUT2D eigenvalue weighted by Crippen LogP contribution is -2.13. The van der Waals surface area contributed by atoms with Crippen LogP contribution in [0.2, 0.25) is 0 Å². The van der Waals surface area contributed by atoms with Crippen LogP contribution in [0.25, 0.3) is 10.9 Å². The molecule has 0 radical (unpaired) electrons. The maximum Gasteiger partial charge on any atom is 0.258 e. The molecule has 0 atom stereocenters. The van der Waals surface area contributed by atoms with Gasteiger partial charge in [0, 0.05) is 6.07 Å². The van der Waals surface area contributed by atoms with Gasteiger partial charge in [0.1, 0.15) is 5.82 Å². The number of nitrogens with zero attached hydrogens (tertiary/aromatic N) is 1. The Balaban J connectivity index is 1.75. The molecule has 1 N–H and O–H groups in total. The van der Waals surface area contributed by atoms with E-state index in [0.717, 1.165) is 23.2 Å². The fraction of sp³-hybridized carbons (Fsp3) is 0.556. The number of ether oxygens (including phenoxy) is 2. The summed E-state index contributed by atoms with van der Waals surface area (Å²) in [7, 11) is 3.14. The van der Waals surface area contributed by atoms with E-state index in [2.05, 4.69) is 9.97 Å². The SMILES string of the molecule is COc1cc2nc(CSCC3CCCCC3)[nH]c(=O)c2cc1OC. The number of methoxy groups -OCH3 is 2. The van der Waals surface area contributed by atoms with Crippen LogP contribution in [-0.2, 0) is 5.75 Å². The van der Waals surface area contributed by atoms with Crippen LogP contribution in [0.15, 0.2) is 16.9 Å². The van der Waals surface area contributed by atoms with Crippen molar-refractivity contribution >= 4 is 22.7 Å². The molecule has 0 amide bonds. The number of H-pyrrole nitrogens is 1. The van der Waals surface area contributed by atoms with Gasteiger partial charge in [0.05, 0.1) is 30.9 Å². The molecular weight excluding hydrogens is 324 g/mol. The second kappa shape index (κ2) is 7.92. The first-order valence-electron chi connectivity index (χ1n) is 8.44. The lowest BCUT2D eigenvalue weighted by molar-refractivity contribution is 0.355. The lowest BCUT2D eigenvalue weighted by atomic mass is 9.91. The van der Waals surface area contributed by atoms with E-state index in [4.69, 9.17) is 9.47 Å². The number of benzene rings is 1. The van der Waals surface area contributed by atoms with E-state index >= 15 is 0 Å². The van der Waals surface area contributed by atoms with Crippen LogP contribution in [0, 0.1) is 5.92 Å². The number of rotatable bonds is 6. The van der Waals surface area contributed by atoms with Crippen LogP contribution < -0.4 is 15.0 Å². The van der Waals surface area contributed by atoms with Gasteiger partial charge in [-0.2, -0.15) is 11.8 Å². The van der Waals surface area contributed by atoms with Crippen LogP contribution in [0.1, 0.15) is 37.9 Å². The van der Waals surface area contributed by atoms with Crippen LogP contribution in [0.3, 0.4) is 0 Å². The van der Waals surface area contributed by atoms with Gasteiger partial charge in [0.25, 0.3) is 5.56 Å². The monoisotopic (exact) mass is 348 g/mol. The number of fused-ring (bicyclic) bond motifs is 1. The molecular formula is C18H24N2O3S. The fourth-order valence-electron chi connectivity index (χ4n) is 3.26. The molecule has 0 bridgehead atoms. The molecule has 2 aromatic rings. The summed E-state index contributed by atoms with van der Waals surface area (Å²) in [5.41, 5.74) is 0.513. The molecule has 6 heteroatoms. The summed E-state index contributed by atoms with van der Waals surface area (Å²) in [6, 6.07) is 3.44. The van der Waals surface area contributed by atoms with Crippen LogP contribution in [0.5, 0.6) is 11.5 Å². The predicted octanol–water partition coefficient (Wildman–Crippen LogP) is 3.75. The zero-order valence-corrected chi connectivity index (χ0v) is 15.1. The van der Waals surface area contributed by atoms with Crippen molar-refractivity contribution in [3.8, 4) is 11.5 Å². The van der Waals surface area contributed by atoms with Gasteiger partial charge in [-0.15, -0.1) is 0 Å². The molecule has 1 aromatic heterocycles. The normalized spacial score (nSPS) is 15.6. The van der Waals surface area contributed by atoms with Crippen molar-refractivity contribution in [2.24, 2.45) is 5.92 Å². The highest BCUT2D eigenvalue weighted by Gasteiger charge is 2.14. The Morgan fingerprint density at radius 3 is 2.58 bits per heavy atom. The predicted molar refractivity (Wildman–Crippen MR) is 98.2 cm³/mol. The highest BCUT2D eigenvalue weighted by molar-refractivity contribution is 7.98. The summed E-state index contributed by atoms with van der Waals surface area (Å²) in [6.07, 6.45) is 6.78. The topological polar surface area (TPSA) is 64.2 Å². The first-order chi connectivity index (χ1) is 11.7. The third-order valence-electron chi connectivity index (χ3n) is 4.58. The molecule has 130 valence electrons. The van der Waals surface area contributed by atoms with Crippen molar-refractivity contribution in [1.82, 2.24) is 9.97 Å². The molecule has 1 aromatic carbocycles. The molecule has 1 fully saturated rings. The number of hydrogen-bond donors (Lipinski definition) is 1. The largest absolute Gasteiger partial charge is 0.493 e. The van der Waals surface area contributed by atoms with Gasteiger partial charge in [0.2, 0.25) is 0 Å². The summed E-state index contributed by atoms with van der Waals surface area (Å²) < 4.78 is 10.6. The average molecular weight is 348 g/mol. The van der Waals surface area contributed by atoms with E-state index < -0.39 is 0 Å². The highest BCUT2D eigenvalue weighted by Crippen LogP contribution is 2.30. The number of aromatic nitrogens is 2. The molecule has 0 unspecified atom stereocenters. The number of nitrogens with one attached hydrogen (secondary N) is 1. The zero-order chi connectivity index (χ0) is 16.9. The van der Waals surface area contributed by atoms with Gasteiger partial charge >= 0.3 is 0 Å². The Kier molecular flexibility index (Phi) is 5.66. The number of hydrogen-bond acceptors (Lipinski definition) is 5. The smallest absolute Gasteiger partial charge is 0.258 e. The molecule has 1 aliphatic rings. The van der Waals surface area contributed by atoms with E-state index in [1.165, 1.54) is 32.1 Å². The van der Waals surface area contributed by atoms with E-state index in [0.29, 0.717) is 22.4 Å². The molecule has 24 heavy (non-hydrogen) atoms. The molecule has 5 nitrogen and oxygen atoms in total. The summed E-state index contributed by atoms with van der Waals surface area (Å²) >= 11 is 1.86. The van der Waals surface area contributed by atoms with E-state index in [1.54, 1.807) is 26.4 Å². The minimum absolute atomic E-state index is 0.130. The van der Waals surface area contributed by atoms with Crippen LogP contribution in [-0.4, -0.2) is 29.9 Å². The maximum atomic E-state index is 12.3. The first kappa shape index (κ1) is 17.1. The molecule has 1 saturated carbocycles. The lowest BCUT2D eigenvalue weighted by Gasteiger charge is -2.20. The van der Waals surface area contributed by atoms with Gasteiger partial charge in [-0.3, -0.25) is 4.79 Å². The summed E-state index contributed by atoms with van der Waals surface area (Å²) in [5, 5.41) is 0.522. The van der Waals surface area contributed by atoms with Gasteiger partial charge in [-0.1, -0.05) is 19.3 Å². The van der Waals surface area contributed by atoms with Crippen molar-refractivity contribution in [1.29, 1.82) is 0 Å². The Labute approximate surface area is 146 Å². The van der Waals surface area contributed by atoms with Gasteiger partial charge in [-0.05, 0) is 30.6 Å². The molecule has 3 rings (SSSR count). The van der Waals surface area contributed by atoms with Crippen LogP contribution >= 0.6 is 11.8 Å². The van der Waals surface area contributed by atoms with Gasteiger partial charge < -0.3 is 14.5 Å². The minimum Gasteiger partial charge on any atom is -0.493 e. The Hall–Kier alpha value is -1.69. The standard InChI is InChI=1S/C18H24N2O3S/c1-22-15-8-13-14(9-16(15)23-2)19-17(20-18(13)21)11-24-10-12-6-4-3-5-7-12/h8-9,12H,3-7,10-11H2,1-2H3,(H,19,20,21). The number of thioether (sulfide) groups is 1. The molecule has 1 aliphatic carbocycles. The summed E-state index contributed by atoms with van der Waals surface area (Å²) in [4.78, 5) is 19.8. The Morgan fingerprint density at radius 1 is 1.17 bits per heavy atom. The van der Waals surface area contributed by atoms with E-state index in [-0.39, 0.29) is 5.56 Å². The zero-order valence-electron chi connectivity index (χ0n) is 14.3. The fourth-order valence-corrected chi connectivity index (χ4v) is 4.37. The van der Waals surface area contributed by atoms with E-state index in [1.807, 2.05) is 11.8 Å². The van der Waals surface area contributed by atoms with Gasteiger partial charge in [0.15, 0.2) is 11.5 Å². The maximum absolute atomic E-state index is 12.3. The average Bonchev–Trinajstić information content (AvgIpc) is 2.61. The minimum atomic E-state index is -0.130. The molecule has 0 spiro atoms. The number of aromatic amines is 1. The Morgan fingerprint density at radius 2 is 1.88 bits per heavy atom. The second-order valence-corrected chi connectivity index (χ2v) is 7.29. The Bertz CT molecular complexity index is 754. The van der Waals surface area contributed by atoms with Crippen molar-refractivity contribution in [3.05, 3.63) is 28.3 Å². The molecule has 0 saturated heterocycles.